The maximum absolute atomic E-state index is 12.5. The lowest BCUT2D eigenvalue weighted by Crippen LogP contribution is -2.20. The zero-order chi connectivity index (χ0) is 23.2. The Morgan fingerprint density at radius 2 is 1.73 bits per heavy atom. The Labute approximate surface area is 204 Å². The Morgan fingerprint density at radius 3 is 2.58 bits per heavy atom. The molecular formula is C26H18BrClN2O3. The quantitative estimate of drug-likeness (QED) is 0.143. The summed E-state index contributed by atoms with van der Waals surface area (Å²) in [6.45, 7) is 0. The molecule has 1 N–H and O–H groups in total. The van der Waals surface area contributed by atoms with E-state index in [1.165, 1.54) is 6.21 Å². The first kappa shape index (κ1) is 22.7. The van der Waals surface area contributed by atoms with Crippen molar-refractivity contribution in [3.05, 3.63) is 111 Å². The number of esters is 1. The van der Waals surface area contributed by atoms with E-state index >= 15 is 0 Å². The highest BCUT2D eigenvalue weighted by Gasteiger charge is 2.14. The van der Waals surface area contributed by atoms with Crippen LogP contribution in [0, 0.1) is 0 Å². The third kappa shape index (κ3) is 5.66. The number of hydrogen-bond acceptors (Lipinski definition) is 4. The van der Waals surface area contributed by atoms with Crippen LogP contribution in [0.1, 0.15) is 21.5 Å². The Balaban J connectivity index is 1.46. The number of nitrogens with one attached hydrogen (secondary N) is 1. The van der Waals surface area contributed by atoms with Gasteiger partial charge < -0.3 is 4.74 Å². The minimum atomic E-state index is -0.586. The molecule has 1 amide bonds. The van der Waals surface area contributed by atoms with Crippen LogP contribution in [0.3, 0.4) is 0 Å². The van der Waals surface area contributed by atoms with Crippen LogP contribution < -0.4 is 10.2 Å². The fourth-order valence-electron chi connectivity index (χ4n) is 3.33. The van der Waals surface area contributed by atoms with Gasteiger partial charge in [0.25, 0.3) is 0 Å². The van der Waals surface area contributed by atoms with Crippen LogP contribution in [0.5, 0.6) is 5.75 Å². The number of fused-ring (bicyclic) bond motifs is 1. The molecule has 0 aliphatic carbocycles. The molecule has 0 heterocycles. The summed E-state index contributed by atoms with van der Waals surface area (Å²) < 4.78 is 6.29. The van der Waals surface area contributed by atoms with Crippen molar-refractivity contribution in [3.63, 3.8) is 0 Å². The topological polar surface area (TPSA) is 67.8 Å². The lowest BCUT2D eigenvalue weighted by Gasteiger charge is -2.09. The first-order valence-electron chi connectivity index (χ1n) is 10.1. The minimum absolute atomic E-state index is 0.186. The van der Waals surface area contributed by atoms with E-state index in [1.807, 2.05) is 42.5 Å². The van der Waals surface area contributed by atoms with Gasteiger partial charge in [-0.3, -0.25) is 4.79 Å². The molecule has 0 atom stereocenters. The second-order valence-electron chi connectivity index (χ2n) is 7.16. The molecule has 4 aromatic carbocycles. The smallest absolute Gasteiger partial charge is 0.345 e. The number of benzene rings is 4. The van der Waals surface area contributed by atoms with E-state index in [0.29, 0.717) is 10.6 Å². The van der Waals surface area contributed by atoms with Gasteiger partial charge in [0.2, 0.25) is 5.91 Å². The Kier molecular flexibility index (Phi) is 7.17. The molecule has 0 spiro atoms. The van der Waals surface area contributed by atoms with Crippen molar-refractivity contribution in [1.29, 1.82) is 0 Å². The van der Waals surface area contributed by atoms with Gasteiger partial charge in [-0.15, -0.1) is 0 Å². The third-order valence-electron chi connectivity index (χ3n) is 4.89. The lowest BCUT2D eigenvalue weighted by atomic mass is 10.0. The van der Waals surface area contributed by atoms with Crippen molar-refractivity contribution >= 4 is 56.4 Å². The first-order valence-corrected chi connectivity index (χ1v) is 11.2. The molecule has 0 aromatic heterocycles. The highest BCUT2D eigenvalue weighted by atomic mass is 79.9. The molecule has 0 unspecified atom stereocenters. The monoisotopic (exact) mass is 520 g/mol. The van der Waals surface area contributed by atoms with Crippen LogP contribution in [0.25, 0.3) is 10.8 Å². The Hall–Kier alpha value is -3.48. The van der Waals surface area contributed by atoms with Gasteiger partial charge in [-0.05, 0) is 46.7 Å². The highest BCUT2D eigenvalue weighted by Crippen LogP contribution is 2.24. The van der Waals surface area contributed by atoms with E-state index in [4.69, 9.17) is 16.3 Å². The third-order valence-corrected chi connectivity index (χ3v) is 5.71. The fraction of sp³-hybridized carbons (Fsp3) is 0.0385. The van der Waals surface area contributed by atoms with E-state index in [1.54, 1.807) is 42.5 Å². The standard InChI is InChI=1S/C26H18BrClN2O3/c27-20-12-13-24(33-26(32)22-10-3-4-11-23(22)28)19(14-20)16-29-30-25(31)15-18-8-5-7-17-6-1-2-9-21(17)18/h1-14,16H,15H2,(H,30,31)/b29-16-. The number of hydrogen-bond donors (Lipinski definition) is 1. The number of ether oxygens (including phenoxy) is 1. The summed E-state index contributed by atoms with van der Waals surface area (Å²) in [7, 11) is 0. The number of carbonyl (C=O) groups excluding carboxylic acids is 2. The van der Waals surface area contributed by atoms with E-state index in [0.717, 1.165) is 20.8 Å². The predicted molar refractivity (Wildman–Crippen MR) is 134 cm³/mol. The number of carbonyl (C=O) groups is 2. The number of amides is 1. The van der Waals surface area contributed by atoms with Gasteiger partial charge in [0.15, 0.2) is 0 Å². The summed E-state index contributed by atoms with van der Waals surface area (Å²) >= 11 is 9.49. The van der Waals surface area contributed by atoms with E-state index < -0.39 is 5.97 Å². The van der Waals surface area contributed by atoms with Gasteiger partial charge in [-0.25, -0.2) is 10.2 Å². The van der Waals surface area contributed by atoms with Crippen molar-refractivity contribution in [2.45, 2.75) is 6.42 Å². The number of hydrazone groups is 1. The molecule has 0 aliphatic rings. The van der Waals surface area contributed by atoms with Gasteiger partial charge in [-0.2, -0.15) is 5.10 Å². The molecule has 33 heavy (non-hydrogen) atoms. The maximum Gasteiger partial charge on any atom is 0.345 e. The van der Waals surface area contributed by atoms with Gasteiger partial charge in [-0.1, -0.05) is 82.1 Å². The van der Waals surface area contributed by atoms with Crippen LogP contribution >= 0.6 is 27.5 Å². The molecule has 4 rings (SSSR count). The molecular weight excluding hydrogens is 504 g/mol. The average molecular weight is 522 g/mol. The summed E-state index contributed by atoms with van der Waals surface area (Å²) in [5.74, 6) is -0.556. The summed E-state index contributed by atoms with van der Waals surface area (Å²) in [4.78, 5) is 25.0. The van der Waals surface area contributed by atoms with Crippen molar-refractivity contribution in [1.82, 2.24) is 5.43 Å². The van der Waals surface area contributed by atoms with Crippen LogP contribution in [-0.4, -0.2) is 18.1 Å². The number of halogens is 2. The SMILES string of the molecule is O=C(Cc1cccc2ccccc12)N/N=C\c1cc(Br)ccc1OC(=O)c1ccccc1Cl. The fourth-order valence-corrected chi connectivity index (χ4v) is 3.92. The normalized spacial score (nSPS) is 11.0. The molecule has 0 radical (unpaired) electrons. The summed E-state index contributed by atoms with van der Waals surface area (Å²) in [5.41, 5.74) is 4.22. The molecule has 7 heteroatoms. The molecule has 164 valence electrons. The van der Waals surface area contributed by atoms with Crippen LogP contribution in [0.15, 0.2) is 94.5 Å². The maximum atomic E-state index is 12.5. The zero-order valence-electron chi connectivity index (χ0n) is 17.3. The second-order valence-corrected chi connectivity index (χ2v) is 8.48. The second kappa shape index (κ2) is 10.4. The molecule has 5 nitrogen and oxygen atoms in total. The van der Waals surface area contributed by atoms with Gasteiger partial charge >= 0.3 is 5.97 Å². The Bertz CT molecular complexity index is 1370. The summed E-state index contributed by atoms with van der Waals surface area (Å²) in [5, 5.41) is 6.46. The number of rotatable bonds is 6. The first-order chi connectivity index (χ1) is 16.0. The van der Waals surface area contributed by atoms with E-state index in [9.17, 15) is 9.59 Å². The van der Waals surface area contributed by atoms with E-state index in [-0.39, 0.29) is 23.6 Å². The number of nitrogens with zero attached hydrogens (tertiary/aromatic N) is 1. The molecule has 4 aromatic rings. The highest BCUT2D eigenvalue weighted by molar-refractivity contribution is 9.10. The van der Waals surface area contributed by atoms with Crippen molar-refractivity contribution < 1.29 is 14.3 Å². The Morgan fingerprint density at radius 1 is 0.970 bits per heavy atom. The van der Waals surface area contributed by atoms with Gasteiger partial charge in [0.1, 0.15) is 5.75 Å². The average Bonchev–Trinajstić information content (AvgIpc) is 2.81. The largest absolute Gasteiger partial charge is 0.422 e. The molecule has 0 saturated carbocycles. The lowest BCUT2D eigenvalue weighted by molar-refractivity contribution is -0.120. The predicted octanol–water partition coefficient (Wildman–Crippen LogP) is 6.17. The van der Waals surface area contributed by atoms with Crippen molar-refractivity contribution in [3.8, 4) is 5.75 Å². The van der Waals surface area contributed by atoms with Gasteiger partial charge in [0, 0.05) is 10.0 Å². The zero-order valence-corrected chi connectivity index (χ0v) is 19.6. The van der Waals surface area contributed by atoms with Crippen LogP contribution in [-0.2, 0) is 11.2 Å². The molecule has 0 bridgehead atoms. The summed E-state index contributed by atoms with van der Waals surface area (Å²) in [6, 6.07) is 25.5. The van der Waals surface area contributed by atoms with Gasteiger partial charge in [0.05, 0.1) is 23.2 Å². The van der Waals surface area contributed by atoms with Crippen LogP contribution in [0.4, 0.5) is 0 Å². The summed E-state index contributed by atoms with van der Waals surface area (Å²) in [6.07, 6.45) is 1.62. The molecule has 0 fully saturated rings. The molecule has 0 saturated heterocycles. The van der Waals surface area contributed by atoms with Crippen molar-refractivity contribution in [2.75, 3.05) is 0 Å². The molecule has 0 aliphatic heterocycles. The minimum Gasteiger partial charge on any atom is -0.422 e. The van der Waals surface area contributed by atoms with Crippen molar-refractivity contribution in [2.24, 2.45) is 5.10 Å². The van der Waals surface area contributed by atoms with E-state index in [2.05, 4.69) is 26.5 Å². The van der Waals surface area contributed by atoms with Crippen LogP contribution in [0.2, 0.25) is 5.02 Å².